The van der Waals surface area contributed by atoms with Crippen LogP contribution in [0.3, 0.4) is 0 Å². The maximum Gasteiger partial charge on any atom is 0.264 e. The van der Waals surface area contributed by atoms with Gasteiger partial charge < -0.3 is 14.3 Å². The molecule has 0 bridgehead atoms. The quantitative estimate of drug-likeness (QED) is 0.544. The number of aromatic nitrogens is 1. The Morgan fingerprint density at radius 3 is 2.55 bits per heavy atom. The van der Waals surface area contributed by atoms with Crippen LogP contribution in [-0.4, -0.2) is 35.1 Å². The number of amides is 1. The number of carbonyl (C=O) groups excluding carboxylic acids is 1. The molecule has 1 fully saturated rings. The molecule has 0 aliphatic carbocycles. The monoisotopic (exact) mass is 409 g/mol. The van der Waals surface area contributed by atoms with Crippen molar-refractivity contribution in [2.45, 2.75) is 45.7 Å². The van der Waals surface area contributed by atoms with E-state index in [1.165, 1.54) is 17.8 Å². The molecule has 4 rings (SSSR count). The van der Waals surface area contributed by atoms with E-state index in [2.05, 4.69) is 23.9 Å². The van der Waals surface area contributed by atoms with Gasteiger partial charge in [-0.1, -0.05) is 41.6 Å². The molecule has 29 heavy (non-hydrogen) atoms. The van der Waals surface area contributed by atoms with Gasteiger partial charge in [-0.05, 0) is 44.6 Å². The lowest BCUT2D eigenvalue weighted by molar-refractivity contribution is 0.0695. The second kappa shape index (κ2) is 8.82. The molecule has 152 valence electrons. The first-order valence-corrected chi connectivity index (χ1v) is 11.2. The fourth-order valence-corrected chi connectivity index (χ4v) is 4.49. The summed E-state index contributed by atoms with van der Waals surface area (Å²) >= 11 is 1.48. The Labute approximate surface area is 175 Å². The Kier molecular flexibility index (Phi) is 6.00. The highest BCUT2D eigenvalue weighted by Crippen LogP contribution is 2.34. The van der Waals surface area contributed by atoms with Crippen LogP contribution in [0.15, 0.2) is 52.4 Å². The van der Waals surface area contributed by atoms with Crippen molar-refractivity contribution in [2.24, 2.45) is 0 Å². The minimum Gasteiger partial charge on any atom is -0.340 e. The Bertz CT molecular complexity index is 928. The third kappa shape index (κ3) is 4.22. The van der Waals surface area contributed by atoms with Crippen LogP contribution in [0.2, 0.25) is 0 Å². The lowest BCUT2D eigenvalue weighted by Gasteiger charge is -2.30. The predicted molar refractivity (Wildman–Crippen MR) is 117 cm³/mol. The van der Waals surface area contributed by atoms with Crippen LogP contribution in [0.4, 0.5) is 5.88 Å². The lowest BCUT2D eigenvalue weighted by Crippen LogP contribution is -2.37. The molecule has 0 radical (unpaired) electrons. The molecule has 3 heterocycles. The standard InChI is InChI=1S/C23H27N3O2S/c1-17(2)26(22(27)20-12-9-15-29-20)16-19-21(18-10-5-3-6-11-18)24-28-23(19)25-13-7-4-8-14-25/h3,5-6,9-12,15,17H,4,7-8,13-14,16H2,1-2H3. The van der Waals surface area contributed by atoms with Gasteiger partial charge in [0.25, 0.3) is 5.91 Å². The fraction of sp³-hybridized carbons (Fsp3) is 0.391. The van der Waals surface area contributed by atoms with Gasteiger partial charge in [0.15, 0.2) is 0 Å². The van der Waals surface area contributed by atoms with Crippen LogP contribution >= 0.6 is 11.3 Å². The van der Waals surface area contributed by atoms with Crippen LogP contribution in [0.1, 0.15) is 48.3 Å². The van der Waals surface area contributed by atoms with Crippen molar-refractivity contribution in [3.63, 3.8) is 0 Å². The van der Waals surface area contributed by atoms with Gasteiger partial charge in [-0.2, -0.15) is 0 Å². The van der Waals surface area contributed by atoms with Crippen molar-refractivity contribution in [1.82, 2.24) is 10.1 Å². The molecular formula is C23H27N3O2S. The van der Waals surface area contributed by atoms with E-state index in [0.717, 1.165) is 53.5 Å². The van der Waals surface area contributed by atoms with E-state index in [-0.39, 0.29) is 11.9 Å². The Morgan fingerprint density at radius 1 is 1.14 bits per heavy atom. The molecule has 0 N–H and O–H groups in total. The number of thiophene rings is 1. The van der Waals surface area contributed by atoms with Crippen LogP contribution in [-0.2, 0) is 6.54 Å². The topological polar surface area (TPSA) is 49.6 Å². The Hall–Kier alpha value is -2.60. The Balaban J connectivity index is 1.73. The van der Waals surface area contributed by atoms with Crippen LogP contribution in [0.25, 0.3) is 11.3 Å². The molecule has 0 spiro atoms. The van der Waals surface area contributed by atoms with Crippen molar-refractivity contribution in [3.8, 4) is 11.3 Å². The summed E-state index contributed by atoms with van der Waals surface area (Å²) in [5.41, 5.74) is 2.84. The van der Waals surface area contributed by atoms with E-state index in [1.807, 2.05) is 52.7 Å². The molecular weight excluding hydrogens is 382 g/mol. The molecule has 0 unspecified atom stereocenters. The minimum atomic E-state index is 0.0554. The number of rotatable bonds is 6. The van der Waals surface area contributed by atoms with Gasteiger partial charge in [-0.15, -0.1) is 11.3 Å². The van der Waals surface area contributed by atoms with Gasteiger partial charge in [0.1, 0.15) is 5.69 Å². The summed E-state index contributed by atoms with van der Waals surface area (Å²) in [6.45, 7) is 6.53. The zero-order valence-corrected chi connectivity index (χ0v) is 17.8. The van der Waals surface area contributed by atoms with E-state index in [4.69, 9.17) is 4.52 Å². The average Bonchev–Trinajstić information content (AvgIpc) is 3.43. The summed E-state index contributed by atoms with van der Waals surface area (Å²) in [6.07, 6.45) is 3.56. The molecule has 1 saturated heterocycles. The summed E-state index contributed by atoms with van der Waals surface area (Å²) in [5, 5.41) is 6.39. The number of benzene rings is 1. The number of carbonyl (C=O) groups is 1. The van der Waals surface area contributed by atoms with Crippen LogP contribution in [0, 0.1) is 0 Å². The number of piperidine rings is 1. The third-order valence-corrected chi connectivity index (χ3v) is 6.26. The fourth-order valence-electron chi connectivity index (χ4n) is 3.81. The summed E-state index contributed by atoms with van der Waals surface area (Å²) in [5.74, 6) is 0.869. The van der Waals surface area contributed by atoms with Crippen molar-refractivity contribution < 1.29 is 9.32 Å². The first kappa shape index (κ1) is 19.7. The maximum atomic E-state index is 13.2. The molecule has 1 amide bonds. The second-order valence-corrected chi connectivity index (χ2v) is 8.68. The van der Waals surface area contributed by atoms with Gasteiger partial charge in [0, 0.05) is 24.7 Å². The third-order valence-electron chi connectivity index (χ3n) is 5.40. The summed E-state index contributed by atoms with van der Waals surface area (Å²) in [4.78, 5) is 18.1. The van der Waals surface area contributed by atoms with Gasteiger partial charge in [0.2, 0.25) is 5.88 Å². The van der Waals surface area contributed by atoms with E-state index >= 15 is 0 Å². The molecule has 2 aromatic heterocycles. The molecule has 0 saturated carbocycles. The van der Waals surface area contributed by atoms with E-state index < -0.39 is 0 Å². The summed E-state index contributed by atoms with van der Waals surface area (Å²) < 4.78 is 5.88. The summed E-state index contributed by atoms with van der Waals surface area (Å²) in [6, 6.07) is 14.0. The maximum absolute atomic E-state index is 13.2. The predicted octanol–water partition coefficient (Wildman–Crippen LogP) is 5.44. The smallest absolute Gasteiger partial charge is 0.264 e. The van der Waals surface area contributed by atoms with E-state index in [9.17, 15) is 4.79 Å². The molecule has 3 aromatic rings. The molecule has 0 atom stereocenters. The van der Waals surface area contributed by atoms with Gasteiger partial charge in [-0.3, -0.25) is 4.79 Å². The number of anilines is 1. The highest BCUT2D eigenvalue weighted by atomic mass is 32.1. The number of hydrogen-bond acceptors (Lipinski definition) is 5. The van der Waals surface area contributed by atoms with Gasteiger partial charge in [-0.25, -0.2) is 0 Å². The van der Waals surface area contributed by atoms with Crippen LogP contribution in [0.5, 0.6) is 0 Å². The zero-order chi connectivity index (χ0) is 20.2. The first-order chi connectivity index (χ1) is 14.1. The number of nitrogens with zero attached hydrogens (tertiary/aromatic N) is 3. The van der Waals surface area contributed by atoms with E-state index in [1.54, 1.807) is 0 Å². The highest BCUT2D eigenvalue weighted by molar-refractivity contribution is 7.12. The largest absolute Gasteiger partial charge is 0.340 e. The molecule has 1 aliphatic rings. The van der Waals surface area contributed by atoms with Crippen molar-refractivity contribution >= 4 is 23.1 Å². The summed E-state index contributed by atoms with van der Waals surface area (Å²) in [7, 11) is 0. The lowest BCUT2D eigenvalue weighted by atomic mass is 10.0. The van der Waals surface area contributed by atoms with E-state index in [0.29, 0.717) is 6.54 Å². The SMILES string of the molecule is CC(C)N(Cc1c(-c2ccccc2)noc1N1CCCCC1)C(=O)c1cccs1. The van der Waals surface area contributed by atoms with Gasteiger partial charge >= 0.3 is 0 Å². The second-order valence-electron chi connectivity index (χ2n) is 7.73. The van der Waals surface area contributed by atoms with Gasteiger partial charge in [0.05, 0.1) is 17.0 Å². The molecule has 6 heteroatoms. The molecule has 1 aliphatic heterocycles. The van der Waals surface area contributed by atoms with Crippen molar-refractivity contribution in [3.05, 3.63) is 58.3 Å². The van der Waals surface area contributed by atoms with Crippen molar-refractivity contribution in [2.75, 3.05) is 18.0 Å². The highest BCUT2D eigenvalue weighted by Gasteiger charge is 2.28. The molecule has 1 aromatic carbocycles. The normalized spacial score (nSPS) is 14.4. The number of hydrogen-bond donors (Lipinski definition) is 0. The van der Waals surface area contributed by atoms with Crippen LogP contribution < -0.4 is 4.90 Å². The van der Waals surface area contributed by atoms with Crippen molar-refractivity contribution in [1.29, 1.82) is 0 Å². The minimum absolute atomic E-state index is 0.0554. The average molecular weight is 410 g/mol. The Morgan fingerprint density at radius 2 is 1.90 bits per heavy atom. The zero-order valence-electron chi connectivity index (χ0n) is 17.0. The molecule has 5 nitrogen and oxygen atoms in total. The first-order valence-electron chi connectivity index (χ1n) is 10.3.